The van der Waals surface area contributed by atoms with Crippen molar-refractivity contribution in [3.63, 3.8) is 0 Å². The van der Waals surface area contributed by atoms with Crippen LogP contribution in [0.2, 0.25) is 0 Å². The van der Waals surface area contributed by atoms with Crippen molar-refractivity contribution in [2.45, 2.75) is 0 Å². The predicted molar refractivity (Wildman–Crippen MR) is 209 cm³/mol. The van der Waals surface area contributed by atoms with E-state index in [0.717, 1.165) is 77.5 Å². The van der Waals surface area contributed by atoms with Crippen molar-refractivity contribution in [3.05, 3.63) is 170 Å². The van der Waals surface area contributed by atoms with Crippen LogP contribution in [0.1, 0.15) is 0 Å². The first-order valence-corrected chi connectivity index (χ1v) is 17.2. The molecule has 0 radical (unpaired) electrons. The molecule has 11 aromatic rings. The van der Waals surface area contributed by atoms with Crippen molar-refractivity contribution in [3.8, 4) is 34.2 Å². The zero-order valence-corrected chi connectivity index (χ0v) is 27.4. The van der Waals surface area contributed by atoms with Gasteiger partial charge in [-0.05, 0) is 48.5 Å². The van der Waals surface area contributed by atoms with E-state index < -0.39 is 0 Å². The smallest absolute Gasteiger partial charge is 0.235 e. The second-order valence-corrected chi connectivity index (χ2v) is 13.0. The molecule has 0 unspecified atom stereocenters. The maximum atomic E-state index is 6.76. The number of hydrogen-bond acceptors (Lipinski definition) is 3. The topological polar surface area (TPSA) is 48.8 Å². The average Bonchev–Trinajstić information content (AvgIpc) is 3.85. The van der Waals surface area contributed by atoms with E-state index in [1.54, 1.807) is 0 Å². The Morgan fingerprint density at radius 1 is 0.392 bits per heavy atom. The van der Waals surface area contributed by atoms with Gasteiger partial charge in [0.1, 0.15) is 11.2 Å². The number of aromatic nitrogens is 4. The van der Waals surface area contributed by atoms with E-state index in [0.29, 0.717) is 5.95 Å². The lowest BCUT2D eigenvalue weighted by Crippen LogP contribution is -2.03. The highest BCUT2D eigenvalue weighted by molar-refractivity contribution is 6.26. The summed E-state index contributed by atoms with van der Waals surface area (Å²) in [6.07, 6.45) is 0. The van der Waals surface area contributed by atoms with E-state index in [4.69, 9.17) is 14.4 Å². The summed E-state index contributed by atoms with van der Waals surface area (Å²) >= 11 is 0. The van der Waals surface area contributed by atoms with E-state index in [1.165, 1.54) is 16.3 Å². The fourth-order valence-electron chi connectivity index (χ4n) is 7.89. The van der Waals surface area contributed by atoms with Crippen molar-refractivity contribution in [2.75, 3.05) is 0 Å². The zero-order chi connectivity index (χ0) is 33.5. The molecule has 4 heterocycles. The summed E-state index contributed by atoms with van der Waals surface area (Å²) in [5, 5.41) is 6.86. The third-order valence-electron chi connectivity index (χ3n) is 10.1. The second kappa shape index (κ2) is 10.8. The molecule has 5 nitrogen and oxygen atoms in total. The third-order valence-corrected chi connectivity index (χ3v) is 10.1. The zero-order valence-electron chi connectivity index (χ0n) is 27.4. The van der Waals surface area contributed by atoms with Crippen molar-refractivity contribution in [1.82, 2.24) is 19.1 Å². The largest absolute Gasteiger partial charge is 0.456 e. The summed E-state index contributed by atoms with van der Waals surface area (Å²) in [7, 11) is 0. The Labute approximate surface area is 292 Å². The van der Waals surface area contributed by atoms with E-state index in [1.807, 2.05) is 36.4 Å². The van der Waals surface area contributed by atoms with Crippen LogP contribution >= 0.6 is 0 Å². The van der Waals surface area contributed by atoms with E-state index >= 15 is 0 Å². The predicted octanol–water partition coefficient (Wildman–Crippen LogP) is 11.9. The minimum Gasteiger partial charge on any atom is -0.456 e. The first kappa shape index (κ1) is 27.9. The molecule has 0 N–H and O–H groups in total. The Kier molecular flexibility index (Phi) is 5.89. The Morgan fingerprint density at radius 2 is 0.961 bits per heavy atom. The number of nitrogens with zero attached hydrogens (tertiary/aromatic N) is 4. The summed E-state index contributed by atoms with van der Waals surface area (Å²) in [6.45, 7) is 0. The van der Waals surface area contributed by atoms with Crippen molar-refractivity contribution >= 4 is 65.6 Å². The number of rotatable bonds is 4. The molecule has 7 aromatic carbocycles. The number of para-hydroxylation sites is 3. The molecule has 0 aliphatic heterocycles. The lowest BCUT2D eigenvalue weighted by molar-refractivity contribution is 0.669. The third kappa shape index (κ3) is 4.15. The van der Waals surface area contributed by atoms with Crippen LogP contribution in [0.4, 0.5) is 0 Å². The van der Waals surface area contributed by atoms with Gasteiger partial charge in [-0.2, -0.15) is 0 Å². The first-order chi connectivity index (χ1) is 25.3. The maximum Gasteiger partial charge on any atom is 0.235 e. The molecule has 0 aliphatic rings. The van der Waals surface area contributed by atoms with Gasteiger partial charge in [0.05, 0.1) is 38.8 Å². The minimum atomic E-state index is 0.614. The SMILES string of the molecule is c1ccc(-c2cc(-c3ccccc3)nc(-n3c4ccccc4c4cc5c(cc43)oc3ccc4c6ccccc6n(-c6ccccc6)c4c35)n2)cc1. The molecule has 238 valence electrons. The second-order valence-electron chi connectivity index (χ2n) is 13.0. The summed E-state index contributed by atoms with van der Waals surface area (Å²) in [4.78, 5) is 10.4. The van der Waals surface area contributed by atoms with Crippen LogP contribution in [0.15, 0.2) is 174 Å². The molecule has 0 spiro atoms. The maximum absolute atomic E-state index is 6.76. The van der Waals surface area contributed by atoms with Crippen LogP contribution in [-0.2, 0) is 0 Å². The lowest BCUT2D eigenvalue weighted by atomic mass is 10.1. The van der Waals surface area contributed by atoms with E-state index in [-0.39, 0.29) is 0 Å². The van der Waals surface area contributed by atoms with Gasteiger partial charge < -0.3 is 8.98 Å². The van der Waals surface area contributed by atoms with Crippen LogP contribution < -0.4 is 0 Å². The standard InChI is InChI=1S/C46H28N4O/c1-4-14-29(15-5-1)37-27-38(30-16-6-2-7-17-30)48-46(47-37)50-40-23-13-11-21-33(40)35-26-36-43(28-41(35)50)51-42-25-24-34-32-20-10-12-22-39(32)49(45(34)44(36)42)31-18-8-3-9-19-31/h1-28H. The molecule has 51 heavy (non-hydrogen) atoms. The molecule has 4 aromatic heterocycles. The minimum absolute atomic E-state index is 0.614. The summed E-state index contributed by atoms with van der Waals surface area (Å²) in [5.74, 6) is 0.614. The Hall–Kier alpha value is -6.98. The van der Waals surface area contributed by atoms with Gasteiger partial charge >= 0.3 is 0 Å². The highest BCUT2D eigenvalue weighted by atomic mass is 16.3. The van der Waals surface area contributed by atoms with Crippen LogP contribution in [0.5, 0.6) is 0 Å². The van der Waals surface area contributed by atoms with Gasteiger partial charge in [0.2, 0.25) is 5.95 Å². The molecular formula is C46H28N4O. The van der Waals surface area contributed by atoms with Gasteiger partial charge in [-0.25, -0.2) is 9.97 Å². The molecule has 0 saturated carbocycles. The van der Waals surface area contributed by atoms with Crippen LogP contribution in [0.3, 0.4) is 0 Å². The Morgan fingerprint density at radius 3 is 1.63 bits per heavy atom. The normalized spacial score (nSPS) is 11.9. The van der Waals surface area contributed by atoms with Crippen LogP contribution in [0.25, 0.3) is 99.7 Å². The number of hydrogen-bond donors (Lipinski definition) is 0. The van der Waals surface area contributed by atoms with Crippen molar-refractivity contribution < 1.29 is 4.42 Å². The van der Waals surface area contributed by atoms with Gasteiger partial charge in [0, 0.05) is 49.8 Å². The highest BCUT2D eigenvalue weighted by Crippen LogP contribution is 2.43. The summed E-state index contributed by atoms with van der Waals surface area (Å²) in [6, 6.07) is 59.3. The molecule has 11 rings (SSSR count). The first-order valence-electron chi connectivity index (χ1n) is 17.2. The summed E-state index contributed by atoms with van der Waals surface area (Å²) < 4.78 is 11.3. The molecule has 0 atom stereocenters. The fourth-order valence-corrected chi connectivity index (χ4v) is 7.89. The van der Waals surface area contributed by atoms with Gasteiger partial charge in [-0.3, -0.25) is 4.57 Å². The molecule has 0 amide bonds. The van der Waals surface area contributed by atoms with Gasteiger partial charge in [0.25, 0.3) is 0 Å². The molecule has 5 heteroatoms. The van der Waals surface area contributed by atoms with Gasteiger partial charge in [-0.15, -0.1) is 0 Å². The van der Waals surface area contributed by atoms with Crippen molar-refractivity contribution in [1.29, 1.82) is 0 Å². The number of furan rings is 1. The van der Waals surface area contributed by atoms with Crippen molar-refractivity contribution in [2.24, 2.45) is 0 Å². The quantitative estimate of drug-likeness (QED) is 0.190. The molecular weight excluding hydrogens is 625 g/mol. The number of fused-ring (bicyclic) bond motifs is 10. The summed E-state index contributed by atoms with van der Waals surface area (Å²) in [5.41, 5.74) is 11.0. The molecule has 0 bridgehead atoms. The molecule has 0 fully saturated rings. The molecule has 0 saturated heterocycles. The Bertz CT molecular complexity index is 3060. The van der Waals surface area contributed by atoms with Gasteiger partial charge in [-0.1, -0.05) is 115 Å². The van der Waals surface area contributed by atoms with Gasteiger partial charge in [0.15, 0.2) is 0 Å². The van der Waals surface area contributed by atoms with E-state index in [2.05, 4.69) is 143 Å². The number of benzene rings is 7. The molecule has 0 aliphatic carbocycles. The van der Waals surface area contributed by atoms with Crippen LogP contribution in [-0.4, -0.2) is 19.1 Å². The monoisotopic (exact) mass is 652 g/mol. The fraction of sp³-hybridized carbons (Fsp3) is 0. The van der Waals surface area contributed by atoms with E-state index in [9.17, 15) is 0 Å². The Balaban J connectivity index is 1.24. The van der Waals surface area contributed by atoms with Crippen LogP contribution in [0, 0.1) is 0 Å². The highest BCUT2D eigenvalue weighted by Gasteiger charge is 2.22. The average molecular weight is 653 g/mol. The lowest BCUT2D eigenvalue weighted by Gasteiger charge is -2.11.